The van der Waals surface area contributed by atoms with Crippen LogP contribution >= 0.6 is 0 Å². The van der Waals surface area contributed by atoms with Crippen LogP contribution in [0.1, 0.15) is 78.3 Å². The second-order valence-electron chi connectivity index (χ2n) is 34.2. The van der Waals surface area contributed by atoms with Gasteiger partial charge in [-0.1, -0.05) is 316 Å². The molecule has 19 rings (SSSR count). The molecule has 1 aliphatic carbocycles. The predicted octanol–water partition coefficient (Wildman–Crippen LogP) is 34.7. The molecule has 0 saturated heterocycles. The molecule has 8 heteroatoms. The number of anilines is 12. The molecule has 0 saturated carbocycles. The average molecular weight is 1750 g/mol. The van der Waals surface area contributed by atoms with Crippen molar-refractivity contribution < 1.29 is 18.9 Å². The van der Waals surface area contributed by atoms with E-state index < -0.39 is 0 Å². The zero-order valence-corrected chi connectivity index (χ0v) is 76.1. The second-order valence-corrected chi connectivity index (χ2v) is 34.2. The lowest BCUT2D eigenvalue weighted by atomic mass is 9.95. The van der Waals surface area contributed by atoms with Crippen LogP contribution in [-0.2, 0) is 22.7 Å². The number of allylic oxidation sites excluding steroid dienone is 2. The average Bonchev–Trinajstić information content (AvgIpc) is 1.51. The molecule has 135 heavy (non-hydrogen) atoms. The van der Waals surface area contributed by atoms with Crippen molar-refractivity contribution in [2.75, 3.05) is 46.0 Å². The molecule has 18 aromatic rings. The van der Waals surface area contributed by atoms with Crippen molar-refractivity contribution in [3.8, 4) is 78.3 Å². The standard InChI is InChI=1S/C127H108N4O4/c1-3-94-42-82-124(83-43-94)134-88-19-17-86-132-92-96-38-70-116(71-39-96)130(120-78-66-108(67-79-120)104-58-50-100(51-59-104)98-46-54-102(55-47-98)106-62-74-118(75-63-106)128(112-26-9-5-10-27-112)113-28-11-6-12-29-113)122-34-21-24-110(90-122)126-36-23-37-127(126)111-25-22-35-123(91-111)131(117-72-40-97(41-73-117)93-133-87-18-20-89-135-125-84-44-95(4-2)45-85-125)121-80-68-109(69-81-121)105-60-52-101(53-61-105)99-48-56-103(57-49-99)107-64-76-119(77-65-107)129(114-30-13-7-14-31-114)115-32-15-8-16-33-115/h3-16,21-22,24-35,38-85,90-91H,1-2,17-20,23,36-37,86-89,92-93H2. The highest BCUT2D eigenvalue weighted by Gasteiger charge is 2.24. The van der Waals surface area contributed by atoms with Crippen LogP contribution < -0.4 is 29.1 Å². The van der Waals surface area contributed by atoms with Gasteiger partial charge in [0.15, 0.2) is 0 Å². The van der Waals surface area contributed by atoms with Gasteiger partial charge in [-0.05, 0) is 326 Å². The van der Waals surface area contributed by atoms with Gasteiger partial charge in [-0.15, -0.1) is 0 Å². The molecule has 0 heterocycles. The van der Waals surface area contributed by atoms with Crippen LogP contribution in [0.15, 0.2) is 474 Å². The largest absolute Gasteiger partial charge is 0.494 e. The van der Waals surface area contributed by atoms with E-state index in [0.717, 1.165) is 169 Å². The molecule has 18 aromatic carbocycles. The van der Waals surface area contributed by atoms with Gasteiger partial charge in [0, 0.05) is 81.5 Å². The molecule has 0 fully saturated rings. The summed E-state index contributed by atoms with van der Waals surface area (Å²) >= 11 is 0. The van der Waals surface area contributed by atoms with Crippen molar-refractivity contribution in [3.63, 3.8) is 0 Å². The summed E-state index contributed by atoms with van der Waals surface area (Å²) in [6.45, 7) is 11.4. The highest BCUT2D eigenvalue weighted by Crippen LogP contribution is 2.47. The van der Waals surface area contributed by atoms with Gasteiger partial charge >= 0.3 is 0 Å². The lowest BCUT2D eigenvalue weighted by molar-refractivity contribution is 0.113. The molecule has 0 atom stereocenters. The minimum Gasteiger partial charge on any atom is -0.494 e. The van der Waals surface area contributed by atoms with Crippen molar-refractivity contribution in [1.29, 1.82) is 0 Å². The third-order valence-corrected chi connectivity index (χ3v) is 25.3. The Balaban J connectivity index is 0.568. The van der Waals surface area contributed by atoms with E-state index in [-0.39, 0.29) is 0 Å². The van der Waals surface area contributed by atoms with Crippen molar-refractivity contribution in [2.24, 2.45) is 0 Å². The first-order chi connectivity index (χ1) is 66.8. The smallest absolute Gasteiger partial charge is 0.119 e. The molecule has 0 bridgehead atoms. The normalized spacial score (nSPS) is 11.7. The van der Waals surface area contributed by atoms with Crippen molar-refractivity contribution in [1.82, 2.24) is 0 Å². The SMILES string of the molecule is C=Cc1ccc(OCCCCOCc2ccc(N(c3ccc(-c4ccc(-c5ccc(-c6ccc(N(c7ccccc7)c7ccccc7)cc6)cc5)cc4)cc3)c3cccc(C4=C(c5cccc(N(c6ccc(COCCCCOc7ccc(C=C)cc7)cc6)c6ccc(-c7ccc(-c8ccc(-c9ccc(N(c%10ccccc%10)c%10ccccc%10)cc9)cc8)cc7)cc6)c5)CCC4)c3)cc2)cc1. The number of hydrogen-bond acceptors (Lipinski definition) is 8. The summed E-state index contributed by atoms with van der Waals surface area (Å²) in [4.78, 5) is 9.39. The van der Waals surface area contributed by atoms with E-state index in [4.69, 9.17) is 18.9 Å². The molecule has 660 valence electrons. The molecule has 0 spiro atoms. The van der Waals surface area contributed by atoms with E-state index >= 15 is 0 Å². The third-order valence-electron chi connectivity index (χ3n) is 25.3. The summed E-state index contributed by atoms with van der Waals surface area (Å²) in [6, 6.07) is 166. The lowest BCUT2D eigenvalue weighted by Gasteiger charge is -2.27. The Bertz CT molecular complexity index is 6420. The summed E-state index contributed by atoms with van der Waals surface area (Å²) in [5.41, 5.74) is 36.6. The van der Waals surface area contributed by atoms with Gasteiger partial charge in [0.1, 0.15) is 11.5 Å². The molecule has 8 nitrogen and oxygen atoms in total. The Hall–Kier alpha value is -16.1. The quantitative estimate of drug-likeness (QED) is 0.0355. The molecule has 0 amide bonds. The Morgan fingerprint density at radius 1 is 0.200 bits per heavy atom. The van der Waals surface area contributed by atoms with Crippen LogP contribution in [0.25, 0.3) is 90.1 Å². The van der Waals surface area contributed by atoms with Gasteiger partial charge in [-0.3, -0.25) is 0 Å². The predicted molar refractivity (Wildman–Crippen MR) is 567 cm³/mol. The highest BCUT2D eigenvalue weighted by atomic mass is 16.5. The molecule has 0 aromatic heterocycles. The molecular formula is C127H108N4O4. The zero-order chi connectivity index (χ0) is 91.1. The molecule has 0 N–H and O–H groups in total. The summed E-state index contributed by atoms with van der Waals surface area (Å²) in [6.07, 6.45) is 10.3. The van der Waals surface area contributed by atoms with Crippen LogP contribution in [0.2, 0.25) is 0 Å². The summed E-state index contributed by atoms with van der Waals surface area (Å²) < 4.78 is 24.7. The third kappa shape index (κ3) is 21.7. The fraction of sp³-hybridized carbons (Fsp3) is 0.102. The van der Waals surface area contributed by atoms with E-state index in [2.05, 4.69) is 445 Å². The van der Waals surface area contributed by atoms with Crippen LogP contribution in [0.3, 0.4) is 0 Å². The highest BCUT2D eigenvalue weighted by molar-refractivity contribution is 5.96. The number of ether oxygens (including phenoxy) is 4. The molecule has 1 aliphatic rings. The number of nitrogens with zero attached hydrogens (tertiary/aromatic N) is 4. The van der Waals surface area contributed by atoms with E-state index in [1.807, 2.05) is 60.7 Å². The summed E-state index contributed by atoms with van der Waals surface area (Å²) in [5.74, 6) is 1.74. The Labute approximate surface area is 795 Å². The van der Waals surface area contributed by atoms with E-state index in [1.54, 1.807) is 0 Å². The van der Waals surface area contributed by atoms with Crippen LogP contribution in [0, 0.1) is 0 Å². The maximum Gasteiger partial charge on any atom is 0.119 e. The minimum atomic E-state index is 0.519. The fourth-order valence-corrected chi connectivity index (χ4v) is 18.0. The molecule has 0 radical (unpaired) electrons. The lowest BCUT2D eigenvalue weighted by Crippen LogP contribution is -2.10. The molecular weight excluding hydrogens is 1650 g/mol. The van der Waals surface area contributed by atoms with Gasteiger partial charge in [-0.2, -0.15) is 0 Å². The van der Waals surface area contributed by atoms with E-state index in [0.29, 0.717) is 39.6 Å². The van der Waals surface area contributed by atoms with Gasteiger partial charge in [0.05, 0.1) is 26.4 Å². The van der Waals surface area contributed by atoms with Crippen LogP contribution in [0.4, 0.5) is 68.2 Å². The topological polar surface area (TPSA) is 49.9 Å². The first kappa shape index (κ1) is 88.2. The number of hydrogen-bond donors (Lipinski definition) is 0. The van der Waals surface area contributed by atoms with Crippen LogP contribution in [-0.4, -0.2) is 26.4 Å². The first-order valence-electron chi connectivity index (χ1n) is 47.0. The zero-order valence-electron chi connectivity index (χ0n) is 76.1. The van der Waals surface area contributed by atoms with E-state index in [9.17, 15) is 0 Å². The maximum atomic E-state index is 6.30. The molecule has 0 unspecified atom stereocenters. The van der Waals surface area contributed by atoms with Crippen molar-refractivity contribution >= 4 is 91.5 Å². The number of unbranched alkanes of at least 4 members (excludes halogenated alkanes) is 2. The van der Waals surface area contributed by atoms with Crippen LogP contribution in [0.5, 0.6) is 11.5 Å². The fourth-order valence-electron chi connectivity index (χ4n) is 18.0. The van der Waals surface area contributed by atoms with Gasteiger partial charge in [-0.25, -0.2) is 0 Å². The van der Waals surface area contributed by atoms with Crippen molar-refractivity contribution in [3.05, 3.63) is 508 Å². The maximum absolute atomic E-state index is 6.30. The van der Waals surface area contributed by atoms with Gasteiger partial charge in [0.2, 0.25) is 0 Å². The van der Waals surface area contributed by atoms with E-state index in [1.165, 1.54) is 66.8 Å². The van der Waals surface area contributed by atoms with Gasteiger partial charge in [0.25, 0.3) is 0 Å². The second kappa shape index (κ2) is 43.3. The molecule has 0 aliphatic heterocycles. The monoisotopic (exact) mass is 1750 g/mol. The number of benzene rings is 18. The minimum absolute atomic E-state index is 0.519. The van der Waals surface area contributed by atoms with Gasteiger partial charge < -0.3 is 38.5 Å². The Kier molecular flexibility index (Phi) is 28.3. The number of para-hydroxylation sites is 4. The first-order valence-corrected chi connectivity index (χ1v) is 47.0. The van der Waals surface area contributed by atoms with Crippen molar-refractivity contribution in [2.45, 2.75) is 58.2 Å². The summed E-state index contributed by atoms with van der Waals surface area (Å²) in [5, 5.41) is 0. The Morgan fingerprint density at radius 2 is 0.415 bits per heavy atom. The summed E-state index contributed by atoms with van der Waals surface area (Å²) in [7, 11) is 0. The number of rotatable bonds is 38. The Morgan fingerprint density at radius 3 is 0.667 bits per heavy atom.